The summed E-state index contributed by atoms with van der Waals surface area (Å²) in [5, 5.41) is 3.34. The van der Waals surface area contributed by atoms with Gasteiger partial charge in [-0.15, -0.1) is 0 Å². The molecule has 3 aliphatic heterocycles. The Morgan fingerprint density at radius 3 is 2.86 bits per heavy atom. The number of rotatable bonds is 3. The third-order valence-corrected chi connectivity index (χ3v) is 4.14. The third-order valence-electron chi connectivity index (χ3n) is 4.14. The fourth-order valence-electron chi connectivity index (χ4n) is 3.17. The number of anilines is 1. The lowest BCUT2D eigenvalue weighted by atomic mass is 10.1. The molecule has 1 aromatic carbocycles. The number of nitrogens with zero attached hydrogens (tertiary/aromatic N) is 4. The largest absolute Gasteiger partial charge is 0.367 e. The molecule has 4 rings (SSSR count). The van der Waals surface area contributed by atoms with Crippen molar-refractivity contribution in [1.82, 2.24) is 19.1 Å². The van der Waals surface area contributed by atoms with E-state index in [0.717, 1.165) is 23.5 Å². The number of nitrogens with one attached hydrogen (secondary N) is 1. The predicted octanol–water partition coefficient (Wildman–Crippen LogP) is 1.97. The first-order valence-corrected chi connectivity index (χ1v) is 7.55. The molecular weight excluding hydrogens is 278 g/mol. The molecule has 0 aliphatic carbocycles. The van der Waals surface area contributed by atoms with E-state index in [9.17, 15) is 4.79 Å². The van der Waals surface area contributed by atoms with E-state index in [0.29, 0.717) is 18.9 Å². The molecule has 0 fully saturated rings. The number of fused-ring (bicyclic) bond motifs is 3. The fraction of sp³-hybridized carbons (Fsp3) is 0.312. The molecule has 1 unspecified atom stereocenters. The van der Waals surface area contributed by atoms with E-state index in [1.165, 1.54) is 6.33 Å². The van der Waals surface area contributed by atoms with Crippen molar-refractivity contribution in [2.24, 2.45) is 0 Å². The van der Waals surface area contributed by atoms with Crippen LogP contribution in [0.3, 0.4) is 0 Å². The molecule has 3 heterocycles. The average Bonchev–Trinajstić information content (AvgIpc) is 3.18. The zero-order valence-corrected chi connectivity index (χ0v) is 12.4. The Kier molecular flexibility index (Phi) is 2.96. The van der Waals surface area contributed by atoms with Crippen LogP contribution in [0.15, 0.2) is 41.5 Å². The van der Waals surface area contributed by atoms with Gasteiger partial charge in [-0.25, -0.2) is 14.8 Å². The summed E-state index contributed by atoms with van der Waals surface area (Å²) < 4.78 is 3.55. The van der Waals surface area contributed by atoms with E-state index in [1.54, 1.807) is 4.57 Å². The zero-order chi connectivity index (χ0) is 15.1. The first-order chi connectivity index (χ1) is 10.8. The van der Waals surface area contributed by atoms with Crippen LogP contribution in [0.5, 0.6) is 0 Å². The first kappa shape index (κ1) is 13.1. The van der Waals surface area contributed by atoms with E-state index in [1.807, 2.05) is 22.8 Å². The second-order valence-electron chi connectivity index (χ2n) is 5.51. The highest BCUT2D eigenvalue weighted by Gasteiger charge is 2.31. The Morgan fingerprint density at radius 2 is 2.09 bits per heavy atom. The van der Waals surface area contributed by atoms with Crippen LogP contribution < -0.4 is 11.0 Å². The molecule has 0 saturated carbocycles. The van der Waals surface area contributed by atoms with Crippen molar-refractivity contribution in [2.45, 2.75) is 25.9 Å². The van der Waals surface area contributed by atoms with E-state index in [2.05, 4.69) is 34.3 Å². The molecule has 0 radical (unpaired) electrons. The quantitative estimate of drug-likeness (QED) is 0.802. The van der Waals surface area contributed by atoms with Crippen molar-refractivity contribution in [2.75, 3.05) is 11.9 Å². The van der Waals surface area contributed by atoms with Crippen LogP contribution in [0.1, 0.15) is 24.9 Å². The minimum atomic E-state index is -0.0243. The SMILES string of the molecule is CCCn1c2ncnc-2c2n(c1=O)C(c1ccccc1)CN2. The van der Waals surface area contributed by atoms with Crippen LogP contribution >= 0.6 is 0 Å². The van der Waals surface area contributed by atoms with E-state index >= 15 is 0 Å². The van der Waals surface area contributed by atoms with Crippen molar-refractivity contribution < 1.29 is 0 Å². The number of aromatic nitrogens is 4. The zero-order valence-electron chi connectivity index (χ0n) is 12.4. The predicted molar refractivity (Wildman–Crippen MR) is 84.3 cm³/mol. The molecule has 0 spiro atoms. The summed E-state index contributed by atoms with van der Waals surface area (Å²) in [6, 6.07) is 10.1. The van der Waals surface area contributed by atoms with Crippen molar-refractivity contribution in [3.05, 3.63) is 52.7 Å². The van der Waals surface area contributed by atoms with Crippen LogP contribution in [-0.4, -0.2) is 25.6 Å². The van der Waals surface area contributed by atoms with Gasteiger partial charge < -0.3 is 5.32 Å². The standard InChI is InChI=1S/C16H17N5O/c1-2-8-20-14-13(18-10-19-14)15-17-9-12(21(15)16(20)22)11-6-4-3-5-7-11/h3-7,10,12,17H,2,8-9H2,1H3. The lowest BCUT2D eigenvalue weighted by Crippen LogP contribution is -2.34. The van der Waals surface area contributed by atoms with Gasteiger partial charge in [0.05, 0.1) is 6.04 Å². The molecule has 22 heavy (non-hydrogen) atoms. The third kappa shape index (κ3) is 1.76. The number of benzene rings is 1. The van der Waals surface area contributed by atoms with Gasteiger partial charge in [0.15, 0.2) is 5.82 Å². The summed E-state index contributed by atoms with van der Waals surface area (Å²) in [6.45, 7) is 3.40. The molecule has 0 amide bonds. The summed E-state index contributed by atoms with van der Waals surface area (Å²) in [5.41, 5.74) is 1.87. The maximum Gasteiger partial charge on any atom is 0.332 e. The van der Waals surface area contributed by atoms with Crippen LogP contribution in [0.2, 0.25) is 0 Å². The number of imidazole rings is 1. The maximum absolute atomic E-state index is 13.0. The second-order valence-corrected chi connectivity index (χ2v) is 5.51. The van der Waals surface area contributed by atoms with Crippen LogP contribution in [0.25, 0.3) is 11.5 Å². The molecule has 0 aromatic heterocycles. The maximum atomic E-state index is 13.0. The van der Waals surface area contributed by atoms with E-state index in [4.69, 9.17) is 0 Å². The Bertz CT molecular complexity index is 836. The Balaban J connectivity index is 1.97. The normalized spacial score (nSPS) is 16.7. The summed E-state index contributed by atoms with van der Waals surface area (Å²) >= 11 is 0. The molecule has 3 aliphatic rings. The molecular formula is C16H17N5O. The van der Waals surface area contributed by atoms with Crippen molar-refractivity contribution in [3.63, 3.8) is 0 Å². The molecule has 0 bridgehead atoms. The second kappa shape index (κ2) is 4.98. The van der Waals surface area contributed by atoms with Crippen LogP contribution in [-0.2, 0) is 6.54 Å². The van der Waals surface area contributed by atoms with Crippen molar-refractivity contribution in [3.8, 4) is 11.5 Å². The molecule has 1 atom stereocenters. The molecule has 112 valence electrons. The number of hydrogen-bond acceptors (Lipinski definition) is 4. The highest BCUT2D eigenvalue weighted by Crippen LogP contribution is 2.33. The van der Waals surface area contributed by atoms with Gasteiger partial charge in [-0.1, -0.05) is 37.3 Å². The Labute approximate surface area is 127 Å². The number of hydrogen-bond donors (Lipinski definition) is 1. The van der Waals surface area contributed by atoms with E-state index in [-0.39, 0.29) is 11.7 Å². The summed E-state index contributed by atoms with van der Waals surface area (Å²) in [4.78, 5) is 21.6. The summed E-state index contributed by atoms with van der Waals surface area (Å²) in [7, 11) is 0. The minimum Gasteiger partial charge on any atom is -0.367 e. The fourth-order valence-corrected chi connectivity index (χ4v) is 3.17. The first-order valence-electron chi connectivity index (χ1n) is 7.55. The van der Waals surface area contributed by atoms with Crippen LogP contribution in [0.4, 0.5) is 5.82 Å². The highest BCUT2D eigenvalue weighted by atomic mass is 16.1. The lowest BCUT2D eigenvalue weighted by Gasteiger charge is -2.18. The van der Waals surface area contributed by atoms with Gasteiger partial charge in [0, 0.05) is 13.1 Å². The van der Waals surface area contributed by atoms with Gasteiger partial charge in [0.2, 0.25) is 0 Å². The van der Waals surface area contributed by atoms with Crippen molar-refractivity contribution >= 4 is 5.82 Å². The molecule has 6 heteroatoms. The summed E-state index contributed by atoms with van der Waals surface area (Å²) in [5.74, 6) is 1.44. The smallest absolute Gasteiger partial charge is 0.332 e. The van der Waals surface area contributed by atoms with Crippen molar-refractivity contribution in [1.29, 1.82) is 0 Å². The van der Waals surface area contributed by atoms with Crippen LogP contribution in [0, 0.1) is 0 Å². The Morgan fingerprint density at radius 1 is 1.27 bits per heavy atom. The van der Waals surface area contributed by atoms with Gasteiger partial charge in [-0.05, 0) is 12.0 Å². The van der Waals surface area contributed by atoms with Gasteiger partial charge in [0.25, 0.3) is 0 Å². The van der Waals surface area contributed by atoms with E-state index < -0.39 is 0 Å². The van der Waals surface area contributed by atoms with Gasteiger partial charge in [-0.2, -0.15) is 0 Å². The van der Waals surface area contributed by atoms with Gasteiger partial charge >= 0.3 is 5.69 Å². The van der Waals surface area contributed by atoms with Gasteiger partial charge in [0.1, 0.15) is 17.8 Å². The lowest BCUT2D eigenvalue weighted by molar-refractivity contribution is 0.554. The molecule has 0 saturated heterocycles. The highest BCUT2D eigenvalue weighted by molar-refractivity contribution is 5.69. The minimum absolute atomic E-state index is 0.00657. The Hall–Kier alpha value is -2.63. The summed E-state index contributed by atoms with van der Waals surface area (Å²) in [6.07, 6.45) is 2.40. The molecule has 1 N–H and O–H groups in total. The van der Waals surface area contributed by atoms with Gasteiger partial charge in [-0.3, -0.25) is 9.13 Å². The monoisotopic (exact) mass is 295 g/mol. The topological polar surface area (TPSA) is 64.7 Å². The molecule has 6 nitrogen and oxygen atoms in total. The average molecular weight is 295 g/mol. The molecule has 1 aromatic rings.